The van der Waals surface area contributed by atoms with Gasteiger partial charge in [-0.1, -0.05) is 0 Å². The summed E-state index contributed by atoms with van der Waals surface area (Å²) in [6, 6.07) is 7.24. The van der Waals surface area contributed by atoms with Gasteiger partial charge in [0.1, 0.15) is 6.07 Å². The van der Waals surface area contributed by atoms with Crippen LogP contribution in [-0.2, 0) is 0 Å². The highest BCUT2D eigenvalue weighted by molar-refractivity contribution is 5.62. The lowest BCUT2D eigenvalue weighted by Gasteiger charge is -2.01. The maximum absolute atomic E-state index is 8.53. The molecular formula is C8H9N3. The molecule has 0 aromatic heterocycles. The minimum atomic E-state index is 0.513. The lowest BCUT2D eigenvalue weighted by molar-refractivity contribution is 1.46. The first kappa shape index (κ1) is 7.42. The summed E-state index contributed by atoms with van der Waals surface area (Å²) >= 11 is 0. The quantitative estimate of drug-likeness (QED) is 0.586. The third-order valence-corrected chi connectivity index (χ3v) is 1.46. The Morgan fingerprint density at radius 3 is 2.73 bits per heavy atom. The van der Waals surface area contributed by atoms with Crippen molar-refractivity contribution >= 4 is 11.4 Å². The summed E-state index contributed by atoms with van der Waals surface area (Å²) in [5.74, 6) is 0. The molecule has 0 aliphatic heterocycles. The molecule has 11 heavy (non-hydrogen) atoms. The van der Waals surface area contributed by atoms with Gasteiger partial charge in [0, 0.05) is 12.7 Å². The van der Waals surface area contributed by atoms with Crippen LogP contribution in [0.15, 0.2) is 18.2 Å². The average molecular weight is 147 g/mol. The van der Waals surface area contributed by atoms with Gasteiger partial charge in [-0.15, -0.1) is 0 Å². The fourth-order valence-electron chi connectivity index (χ4n) is 0.820. The minimum absolute atomic E-state index is 0.513. The summed E-state index contributed by atoms with van der Waals surface area (Å²) in [4.78, 5) is 0. The number of nitrogens with two attached hydrogens (primary N) is 1. The van der Waals surface area contributed by atoms with Crippen LogP contribution in [0.1, 0.15) is 5.56 Å². The molecule has 0 saturated carbocycles. The zero-order valence-electron chi connectivity index (χ0n) is 6.26. The zero-order chi connectivity index (χ0) is 8.27. The van der Waals surface area contributed by atoms with Crippen LogP contribution in [0, 0.1) is 11.3 Å². The van der Waals surface area contributed by atoms with Crippen molar-refractivity contribution in [1.82, 2.24) is 0 Å². The van der Waals surface area contributed by atoms with Crippen LogP contribution in [-0.4, -0.2) is 7.05 Å². The van der Waals surface area contributed by atoms with Crippen LogP contribution in [0.4, 0.5) is 11.4 Å². The molecule has 0 saturated heterocycles. The van der Waals surface area contributed by atoms with E-state index >= 15 is 0 Å². The molecule has 0 amide bonds. The molecular weight excluding hydrogens is 138 g/mol. The Labute approximate surface area is 65.4 Å². The second-order valence-electron chi connectivity index (χ2n) is 2.16. The van der Waals surface area contributed by atoms with E-state index < -0.39 is 0 Å². The normalized spacial score (nSPS) is 8.73. The molecule has 3 heteroatoms. The summed E-state index contributed by atoms with van der Waals surface area (Å²) in [5, 5.41) is 11.5. The molecule has 0 radical (unpaired) electrons. The van der Waals surface area contributed by atoms with E-state index in [0.29, 0.717) is 11.3 Å². The van der Waals surface area contributed by atoms with Gasteiger partial charge in [-0.2, -0.15) is 5.26 Å². The second kappa shape index (κ2) is 2.93. The second-order valence-corrected chi connectivity index (χ2v) is 2.16. The highest BCUT2D eigenvalue weighted by Gasteiger charge is 1.96. The Balaban J connectivity index is 3.12. The van der Waals surface area contributed by atoms with Crippen LogP contribution in [0.5, 0.6) is 0 Å². The first-order valence-corrected chi connectivity index (χ1v) is 3.25. The fraction of sp³-hybridized carbons (Fsp3) is 0.125. The average Bonchev–Trinajstić information content (AvgIpc) is 2.04. The Morgan fingerprint density at radius 1 is 1.55 bits per heavy atom. The summed E-state index contributed by atoms with van der Waals surface area (Å²) in [5.41, 5.74) is 7.49. The summed E-state index contributed by atoms with van der Waals surface area (Å²) in [6.45, 7) is 0. The third kappa shape index (κ3) is 1.41. The van der Waals surface area contributed by atoms with Crippen molar-refractivity contribution in [3.05, 3.63) is 23.8 Å². The van der Waals surface area contributed by atoms with Crippen molar-refractivity contribution in [2.75, 3.05) is 18.1 Å². The highest BCUT2D eigenvalue weighted by atomic mass is 14.8. The topological polar surface area (TPSA) is 61.8 Å². The van der Waals surface area contributed by atoms with Gasteiger partial charge in [-0.3, -0.25) is 0 Å². The van der Waals surface area contributed by atoms with E-state index in [-0.39, 0.29) is 0 Å². The van der Waals surface area contributed by atoms with Crippen LogP contribution < -0.4 is 11.1 Å². The van der Waals surface area contributed by atoms with Crippen molar-refractivity contribution in [2.45, 2.75) is 0 Å². The number of nitrogens with zero attached hydrogens (tertiary/aromatic N) is 1. The van der Waals surface area contributed by atoms with Gasteiger partial charge in [0.05, 0.1) is 11.3 Å². The number of nitriles is 1. The van der Waals surface area contributed by atoms with E-state index in [9.17, 15) is 0 Å². The number of nitrogen functional groups attached to an aromatic ring is 1. The molecule has 1 aromatic carbocycles. The number of nitrogens with one attached hydrogen (secondary N) is 1. The molecule has 0 atom stereocenters. The molecule has 0 bridgehead atoms. The number of rotatable bonds is 1. The van der Waals surface area contributed by atoms with Gasteiger partial charge in [0.2, 0.25) is 0 Å². The Kier molecular flexibility index (Phi) is 1.98. The predicted octanol–water partition coefficient (Wildman–Crippen LogP) is 1.18. The van der Waals surface area contributed by atoms with E-state index in [0.717, 1.165) is 5.69 Å². The van der Waals surface area contributed by atoms with Gasteiger partial charge in [0.25, 0.3) is 0 Å². The molecule has 0 unspecified atom stereocenters. The molecule has 0 aliphatic carbocycles. The minimum Gasteiger partial charge on any atom is -0.398 e. The van der Waals surface area contributed by atoms with Crippen molar-refractivity contribution < 1.29 is 0 Å². The van der Waals surface area contributed by atoms with Gasteiger partial charge in [-0.25, -0.2) is 0 Å². The zero-order valence-corrected chi connectivity index (χ0v) is 6.26. The Bertz CT molecular complexity index is 299. The third-order valence-electron chi connectivity index (χ3n) is 1.46. The summed E-state index contributed by atoms with van der Waals surface area (Å²) < 4.78 is 0. The number of hydrogen-bond acceptors (Lipinski definition) is 3. The summed E-state index contributed by atoms with van der Waals surface area (Å²) in [7, 11) is 1.81. The molecule has 3 nitrogen and oxygen atoms in total. The first-order chi connectivity index (χ1) is 5.27. The Morgan fingerprint density at radius 2 is 2.27 bits per heavy atom. The monoisotopic (exact) mass is 147 g/mol. The van der Waals surface area contributed by atoms with Crippen molar-refractivity contribution in [2.24, 2.45) is 0 Å². The molecule has 56 valence electrons. The predicted molar refractivity (Wildman–Crippen MR) is 45.1 cm³/mol. The lowest BCUT2D eigenvalue weighted by atomic mass is 10.2. The number of benzene rings is 1. The van der Waals surface area contributed by atoms with Crippen LogP contribution in [0.25, 0.3) is 0 Å². The van der Waals surface area contributed by atoms with E-state index in [2.05, 4.69) is 5.32 Å². The smallest absolute Gasteiger partial charge is 0.101 e. The van der Waals surface area contributed by atoms with Crippen LogP contribution in [0.3, 0.4) is 0 Å². The summed E-state index contributed by atoms with van der Waals surface area (Å²) in [6.07, 6.45) is 0. The molecule has 3 N–H and O–H groups in total. The van der Waals surface area contributed by atoms with E-state index in [4.69, 9.17) is 11.0 Å². The molecule has 0 spiro atoms. The van der Waals surface area contributed by atoms with Crippen molar-refractivity contribution in [3.63, 3.8) is 0 Å². The molecule has 0 heterocycles. The molecule has 0 fully saturated rings. The Hall–Kier alpha value is -1.69. The number of hydrogen-bond donors (Lipinski definition) is 2. The van der Waals surface area contributed by atoms with E-state index in [1.54, 1.807) is 19.2 Å². The SMILES string of the molecule is CNc1ccc(C#N)c(N)c1. The fourth-order valence-corrected chi connectivity index (χ4v) is 0.820. The van der Waals surface area contributed by atoms with Gasteiger partial charge in [-0.05, 0) is 18.2 Å². The lowest BCUT2D eigenvalue weighted by Crippen LogP contribution is -1.93. The number of anilines is 2. The highest BCUT2D eigenvalue weighted by Crippen LogP contribution is 2.15. The largest absolute Gasteiger partial charge is 0.398 e. The van der Waals surface area contributed by atoms with Gasteiger partial charge >= 0.3 is 0 Å². The first-order valence-electron chi connectivity index (χ1n) is 3.25. The van der Waals surface area contributed by atoms with E-state index in [1.807, 2.05) is 12.1 Å². The van der Waals surface area contributed by atoms with Crippen molar-refractivity contribution in [3.8, 4) is 6.07 Å². The van der Waals surface area contributed by atoms with Gasteiger partial charge in [0.15, 0.2) is 0 Å². The van der Waals surface area contributed by atoms with Crippen LogP contribution >= 0.6 is 0 Å². The van der Waals surface area contributed by atoms with Crippen molar-refractivity contribution in [1.29, 1.82) is 5.26 Å². The van der Waals surface area contributed by atoms with E-state index in [1.165, 1.54) is 0 Å². The molecule has 1 aromatic rings. The maximum Gasteiger partial charge on any atom is 0.101 e. The standard InChI is InChI=1S/C8H9N3/c1-11-7-3-2-6(5-9)8(10)4-7/h2-4,11H,10H2,1H3. The molecule has 0 aliphatic rings. The maximum atomic E-state index is 8.53. The van der Waals surface area contributed by atoms with Gasteiger partial charge < -0.3 is 11.1 Å². The molecule has 1 rings (SSSR count). The van der Waals surface area contributed by atoms with Crippen LogP contribution in [0.2, 0.25) is 0 Å².